The van der Waals surface area contributed by atoms with E-state index in [4.69, 9.17) is 4.74 Å². The maximum Gasteiger partial charge on any atom is 0.126 e. The van der Waals surface area contributed by atoms with E-state index in [0.717, 1.165) is 24.9 Å². The molecular formula is C15H23NO. The topological polar surface area (TPSA) is 21.3 Å². The normalized spacial score (nSPS) is 15.3. The second-order valence-corrected chi connectivity index (χ2v) is 5.42. The first-order valence-electron chi connectivity index (χ1n) is 6.61. The Balaban J connectivity index is 2.03. The minimum absolute atomic E-state index is 0.568. The number of ether oxygens (including phenoxy) is 1. The summed E-state index contributed by atoms with van der Waals surface area (Å²) in [7, 11) is 0. The van der Waals surface area contributed by atoms with Crippen LogP contribution < -0.4 is 10.1 Å². The molecule has 1 N–H and O–H groups in total. The van der Waals surface area contributed by atoms with Crippen molar-refractivity contribution < 1.29 is 4.74 Å². The smallest absolute Gasteiger partial charge is 0.126 e. The second kappa shape index (κ2) is 5.54. The van der Waals surface area contributed by atoms with Crippen molar-refractivity contribution in [3.05, 3.63) is 29.3 Å². The van der Waals surface area contributed by atoms with Gasteiger partial charge in [-0.3, -0.25) is 0 Å². The van der Waals surface area contributed by atoms with Crippen LogP contribution in [0.4, 0.5) is 0 Å². The molecule has 0 atom stereocenters. The highest BCUT2D eigenvalue weighted by Gasteiger charge is 2.20. The van der Waals surface area contributed by atoms with Crippen molar-refractivity contribution in [2.75, 3.05) is 6.61 Å². The number of aryl methyl sites for hydroxylation is 1. The zero-order valence-electron chi connectivity index (χ0n) is 11.1. The minimum atomic E-state index is 0.568. The van der Waals surface area contributed by atoms with Gasteiger partial charge in [-0.1, -0.05) is 32.0 Å². The summed E-state index contributed by atoms with van der Waals surface area (Å²) in [6.07, 6.45) is 2.65. The standard InChI is InChI=1S/C15H23NO/c1-11(2)10-17-15-12(3)5-4-6-13(15)9-16-14-7-8-14/h4-6,11,14,16H,7-10H2,1-3H3. The SMILES string of the molecule is Cc1cccc(CNC2CC2)c1OCC(C)C. The molecule has 1 aliphatic rings. The Bertz CT molecular complexity index is 369. The van der Waals surface area contributed by atoms with E-state index in [1.165, 1.54) is 24.0 Å². The molecule has 2 rings (SSSR count). The quantitative estimate of drug-likeness (QED) is 0.814. The molecule has 1 fully saturated rings. The average molecular weight is 233 g/mol. The van der Waals surface area contributed by atoms with Crippen molar-refractivity contribution in [1.82, 2.24) is 5.32 Å². The van der Waals surface area contributed by atoms with E-state index >= 15 is 0 Å². The molecule has 0 unspecified atom stereocenters. The zero-order valence-corrected chi connectivity index (χ0v) is 11.1. The van der Waals surface area contributed by atoms with E-state index in [-0.39, 0.29) is 0 Å². The van der Waals surface area contributed by atoms with Gasteiger partial charge in [0, 0.05) is 18.2 Å². The first-order chi connectivity index (χ1) is 8.16. The number of benzene rings is 1. The van der Waals surface area contributed by atoms with Crippen molar-refractivity contribution in [2.24, 2.45) is 5.92 Å². The summed E-state index contributed by atoms with van der Waals surface area (Å²) < 4.78 is 5.94. The highest BCUT2D eigenvalue weighted by Crippen LogP contribution is 2.26. The second-order valence-electron chi connectivity index (χ2n) is 5.42. The van der Waals surface area contributed by atoms with Gasteiger partial charge in [-0.25, -0.2) is 0 Å². The van der Waals surface area contributed by atoms with Crippen LogP contribution in [0.2, 0.25) is 0 Å². The Kier molecular flexibility index (Phi) is 4.06. The summed E-state index contributed by atoms with van der Waals surface area (Å²) in [4.78, 5) is 0. The zero-order chi connectivity index (χ0) is 12.3. The lowest BCUT2D eigenvalue weighted by Gasteiger charge is -2.16. The molecule has 2 nitrogen and oxygen atoms in total. The number of rotatable bonds is 6. The lowest BCUT2D eigenvalue weighted by atomic mass is 10.1. The predicted octanol–water partition coefficient (Wildman–Crippen LogP) is 3.28. The number of hydrogen-bond acceptors (Lipinski definition) is 2. The third kappa shape index (κ3) is 3.74. The molecule has 0 bridgehead atoms. The van der Waals surface area contributed by atoms with Gasteiger partial charge in [-0.2, -0.15) is 0 Å². The number of nitrogens with one attached hydrogen (secondary N) is 1. The van der Waals surface area contributed by atoms with E-state index in [1.807, 2.05) is 0 Å². The third-order valence-electron chi connectivity index (χ3n) is 3.01. The molecule has 0 aliphatic heterocycles. The molecule has 0 aromatic heterocycles. The van der Waals surface area contributed by atoms with E-state index in [9.17, 15) is 0 Å². The van der Waals surface area contributed by atoms with Crippen LogP contribution in [0.25, 0.3) is 0 Å². The van der Waals surface area contributed by atoms with Gasteiger partial charge in [0.2, 0.25) is 0 Å². The third-order valence-corrected chi connectivity index (χ3v) is 3.01. The van der Waals surface area contributed by atoms with Crippen molar-refractivity contribution in [1.29, 1.82) is 0 Å². The summed E-state index contributed by atoms with van der Waals surface area (Å²) >= 11 is 0. The van der Waals surface area contributed by atoms with Gasteiger partial charge < -0.3 is 10.1 Å². The largest absolute Gasteiger partial charge is 0.493 e. The van der Waals surface area contributed by atoms with Crippen molar-refractivity contribution >= 4 is 0 Å². The van der Waals surface area contributed by atoms with Crippen LogP contribution in [-0.2, 0) is 6.54 Å². The van der Waals surface area contributed by atoms with Crippen LogP contribution in [0, 0.1) is 12.8 Å². The van der Waals surface area contributed by atoms with Gasteiger partial charge >= 0.3 is 0 Å². The van der Waals surface area contributed by atoms with E-state index < -0.39 is 0 Å². The Labute approximate surface area is 104 Å². The van der Waals surface area contributed by atoms with E-state index in [0.29, 0.717) is 5.92 Å². The molecule has 2 heteroatoms. The minimum Gasteiger partial charge on any atom is -0.493 e. The molecule has 0 spiro atoms. The van der Waals surface area contributed by atoms with Crippen LogP contribution >= 0.6 is 0 Å². The fourth-order valence-electron chi connectivity index (χ4n) is 1.85. The molecule has 0 saturated heterocycles. The van der Waals surface area contributed by atoms with Crippen molar-refractivity contribution in [2.45, 2.75) is 46.2 Å². The van der Waals surface area contributed by atoms with Crippen molar-refractivity contribution in [3.63, 3.8) is 0 Å². The molecule has 94 valence electrons. The van der Waals surface area contributed by atoms with Gasteiger partial charge in [0.15, 0.2) is 0 Å². The fraction of sp³-hybridized carbons (Fsp3) is 0.600. The van der Waals surface area contributed by atoms with Gasteiger partial charge in [0.05, 0.1) is 6.61 Å². The fourth-order valence-corrected chi connectivity index (χ4v) is 1.85. The first-order valence-corrected chi connectivity index (χ1v) is 6.61. The van der Waals surface area contributed by atoms with Crippen LogP contribution in [0.1, 0.15) is 37.8 Å². The van der Waals surface area contributed by atoms with E-state index in [2.05, 4.69) is 44.3 Å². The summed E-state index contributed by atoms with van der Waals surface area (Å²) in [5, 5.41) is 3.55. The molecule has 1 saturated carbocycles. The predicted molar refractivity (Wildman–Crippen MR) is 71.4 cm³/mol. The Morgan fingerprint density at radius 1 is 1.35 bits per heavy atom. The van der Waals surface area contributed by atoms with Gasteiger partial charge in [-0.15, -0.1) is 0 Å². The maximum atomic E-state index is 5.94. The summed E-state index contributed by atoms with van der Waals surface area (Å²) in [5.74, 6) is 1.65. The summed E-state index contributed by atoms with van der Waals surface area (Å²) in [6, 6.07) is 7.14. The molecule has 1 aliphatic carbocycles. The lowest BCUT2D eigenvalue weighted by Crippen LogP contribution is -2.17. The molecule has 0 amide bonds. The Morgan fingerprint density at radius 2 is 2.12 bits per heavy atom. The van der Waals surface area contributed by atoms with Crippen LogP contribution in [0.15, 0.2) is 18.2 Å². The highest BCUT2D eigenvalue weighted by atomic mass is 16.5. The molecule has 1 aromatic rings. The first kappa shape index (κ1) is 12.4. The summed E-state index contributed by atoms with van der Waals surface area (Å²) in [6.45, 7) is 8.21. The highest BCUT2D eigenvalue weighted by molar-refractivity contribution is 5.40. The van der Waals surface area contributed by atoms with Crippen LogP contribution in [0.3, 0.4) is 0 Å². The number of hydrogen-bond donors (Lipinski definition) is 1. The maximum absolute atomic E-state index is 5.94. The van der Waals surface area contributed by atoms with Gasteiger partial charge in [0.25, 0.3) is 0 Å². The molecule has 17 heavy (non-hydrogen) atoms. The van der Waals surface area contributed by atoms with E-state index in [1.54, 1.807) is 0 Å². The Morgan fingerprint density at radius 3 is 2.76 bits per heavy atom. The lowest BCUT2D eigenvalue weighted by molar-refractivity contribution is 0.266. The van der Waals surface area contributed by atoms with Crippen molar-refractivity contribution in [3.8, 4) is 5.75 Å². The molecular weight excluding hydrogens is 210 g/mol. The van der Waals surface area contributed by atoms with Crippen LogP contribution in [0.5, 0.6) is 5.75 Å². The Hall–Kier alpha value is -1.02. The van der Waals surface area contributed by atoms with Gasteiger partial charge in [-0.05, 0) is 31.2 Å². The monoisotopic (exact) mass is 233 g/mol. The average Bonchev–Trinajstić information content (AvgIpc) is 3.08. The molecule has 0 heterocycles. The molecule has 1 aromatic carbocycles. The molecule has 0 radical (unpaired) electrons. The number of para-hydroxylation sites is 1. The van der Waals surface area contributed by atoms with Crippen LogP contribution in [-0.4, -0.2) is 12.6 Å². The summed E-state index contributed by atoms with van der Waals surface area (Å²) in [5.41, 5.74) is 2.53. The van der Waals surface area contributed by atoms with Gasteiger partial charge in [0.1, 0.15) is 5.75 Å².